The van der Waals surface area contributed by atoms with E-state index in [4.69, 9.17) is 4.74 Å². The minimum Gasteiger partial charge on any atom is -0.484 e. The molecule has 4 aromatic rings. The summed E-state index contributed by atoms with van der Waals surface area (Å²) in [5.41, 5.74) is 7.11. The van der Waals surface area contributed by atoms with Gasteiger partial charge in [0.05, 0.1) is 6.26 Å². The molecule has 280 valence electrons. The van der Waals surface area contributed by atoms with Crippen LogP contribution in [-0.4, -0.2) is 87.6 Å². The van der Waals surface area contributed by atoms with Crippen molar-refractivity contribution in [1.82, 2.24) is 19.8 Å². The van der Waals surface area contributed by atoms with Crippen molar-refractivity contribution >= 4 is 27.7 Å². The summed E-state index contributed by atoms with van der Waals surface area (Å²) in [5, 5.41) is 2.89. The fourth-order valence-electron chi connectivity index (χ4n) is 6.85. The molecule has 0 unspecified atom stereocenters. The van der Waals surface area contributed by atoms with Crippen molar-refractivity contribution in [2.75, 3.05) is 45.6 Å². The number of rotatable bonds is 17. The van der Waals surface area contributed by atoms with Gasteiger partial charge in [0.25, 0.3) is 5.91 Å². The molecule has 0 spiro atoms. The maximum absolute atomic E-state index is 14.0. The second-order valence-electron chi connectivity index (χ2n) is 13.7. The van der Waals surface area contributed by atoms with Gasteiger partial charge in [0.15, 0.2) is 6.61 Å². The first-order chi connectivity index (χ1) is 25.5. The average molecular weight is 739 g/mol. The van der Waals surface area contributed by atoms with Crippen LogP contribution in [0.1, 0.15) is 46.7 Å². The van der Waals surface area contributed by atoms with Crippen LogP contribution < -0.4 is 14.8 Å². The van der Waals surface area contributed by atoms with Crippen LogP contribution in [0.15, 0.2) is 103 Å². The Morgan fingerprint density at radius 3 is 2.02 bits per heavy atom. The van der Waals surface area contributed by atoms with Crippen molar-refractivity contribution in [3.8, 4) is 5.75 Å². The smallest absolute Gasteiger partial charge is 0.271 e. The Morgan fingerprint density at radius 2 is 1.38 bits per heavy atom. The van der Waals surface area contributed by atoms with Gasteiger partial charge in [-0.2, -0.15) is 0 Å². The van der Waals surface area contributed by atoms with Crippen LogP contribution >= 0.6 is 0 Å². The third-order valence-corrected chi connectivity index (χ3v) is 10.1. The molecule has 1 aliphatic heterocycles. The summed E-state index contributed by atoms with van der Waals surface area (Å²) in [6.07, 6.45) is 5.08. The summed E-state index contributed by atoms with van der Waals surface area (Å²) in [6, 6.07) is 34.5. The first-order valence-electron chi connectivity index (χ1n) is 18.2. The quantitative estimate of drug-likeness (QED) is 0.165. The van der Waals surface area contributed by atoms with Crippen LogP contribution in [0.5, 0.6) is 5.75 Å². The van der Waals surface area contributed by atoms with E-state index in [1.54, 1.807) is 12.1 Å². The highest BCUT2D eigenvalue weighted by Crippen LogP contribution is 2.23. The molecular weight excluding hydrogens is 689 g/mol. The van der Waals surface area contributed by atoms with Crippen LogP contribution in [0.25, 0.3) is 0 Å². The molecule has 4 aromatic carbocycles. The van der Waals surface area contributed by atoms with Crippen LogP contribution in [-0.2, 0) is 56.5 Å². The molecular formula is C42H50N4O6S. The van der Waals surface area contributed by atoms with E-state index in [1.807, 2.05) is 47.2 Å². The number of carbonyl (C=O) groups is 3. The average Bonchev–Trinajstić information content (AvgIpc) is 3.13. The predicted octanol–water partition coefficient (Wildman–Crippen LogP) is 4.34. The number of benzene rings is 4. The summed E-state index contributed by atoms with van der Waals surface area (Å²) < 4.78 is 30.0. The molecule has 1 fully saturated rings. The van der Waals surface area contributed by atoms with Gasteiger partial charge in [0.1, 0.15) is 5.75 Å². The molecule has 0 aliphatic carbocycles. The lowest BCUT2D eigenvalue weighted by Crippen LogP contribution is -2.56. The minimum absolute atomic E-state index is 0.0231. The number of hydrogen-bond donors (Lipinski definition) is 2. The molecule has 1 heterocycles. The highest BCUT2D eigenvalue weighted by Gasteiger charge is 2.30. The number of carbonyl (C=O) groups excluding carboxylic acids is 3. The number of nitrogens with one attached hydrogen (secondary N) is 2. The maximum atomic E-state index is 14.0. The molecule has 0 radical (unpaired) electrons. The van der Waals surface area contributed by atoms with Crippen molar-refractivity contribution in [1.29, 1.82) is 0 Å². The van der Waals surface area contributed by atoms with Gasteiger partial charge < -0.3 is 15.0 Å². The number of amides is 3. The molecule has 0 aromatic heterocycles. The van der Waals surface area contributed by atoms with E-state index >= 15 is 0 Å². The van der Waals surface area contributed by atoms with Crippen molar-refractivity contribution in [2.24, 2.45) is 0 Å². The first-order valence-corrected chi connectivity index (χ1v) is 20.1. The fourth-order valence-corrected chi connectivity index (χ4v) is 7.32. The zero-order valence-electron chi connectivity index (χ0n) is 30.6. The number of ether oxygens (including phenoxy) is 1. The summed E-state index contributed by atoms with van der Waals surface area (Å²) in [5.74, 6) is -0.185. The third-order valence-electron chi connectivity index (χ3n) is 9.50. The van der Waals surface area contributed by atoms with Crippen molar-refractivity contribution in [3.63, 3.8) is 0 Å². The highest BCUT2D eigenvalue weighted by molar-refractivity contribution is 7.89. The molecule has 0 bridgehead atoms. The standard InChI is InChI=1S/C42H50N4O6S/c1-32(47)43-24-22-36-13-7-9-15-38(36)29-37-14-8-6-12-35(37)18-21-42(49)46-27-26-45(25-23-33-10-4-3-5-11-33)30-39(46)28-34-16-19-40(20-17-34)52-31-41(48)44-53(2,50)51/h3-17,19-20,39H,18,21-31H2,1-2H3,(H,43,47)(H,44,48)/t39-/m1/s1. The minimum atomic E-state index is -3.66. The molecule has 10 nitrogen and oxygen atoms in total. The second kappa shape index (κ2) is 19.2. The van der Waals surface area contributed by atoms with E-state index in [-0.39, 0.29) is 17.9 Å². The Morgan fingerprint density at radius 1 is 0.755 bits per heavy atom. The molecule has 1 saturated heterocycles. The molecule has 1 atom stereocenters. The number of nitrogens with zero attached hydrogens (tertiary/aromatic N) is 2. The summed E-state index contributed by atoms with van der Waals surface area (Å²) >= 11 is 0. The van der Waals surface area contributed by atoms with Crippen molar-refractivity contribution in [3.05, 3.63) is 137 Å². The Hall–Kier alpha value is -5.00. The van der Waals surface area contributed by atoms with Gasteiger partial charge >= 0.3 is 0 Å². The van der Waals surface area contributed by atoms with E-state index in [9.17, 15) is 22.8 Å². The molecule has 1 aliphatic rings. The van der Waals surface area contributed by atoms with E-state index in [1.165, 1.54) is 29.2 Å². The number of sulfonamides is 1. The van der Waals surface area contributed by atoms with Crippen LogP contribution in [0.4, 0.5) is 0 Å². The Balaban J connectivity index is 1.24. The molecule has 2 N–H and O–H groups in total. The second-order valence-corrected chi connectivity index (χ2v) is 15.4. The fraction of sp³-hybridized carbons (Fsp3) is 0.357. The van der Waals surface area contributed by atoms with E-state index in [2.05, 4.69) is 63.6 Å². The van der Waals surface area contributed by atoms with Crippen LogP contribution in [0.3, 0.4) is 0 Å². The van der Waals surface area contributed by atoms with Gasteiger partial charge in [0.2, 0.25) is 21.8 Å². The third kappa shape index (κ3) is 12.9. The van der Waals surface area contributed by atoms with Gasteiger partial charge in [-0.15, -0.1) is 0 Å². The number of aryl methyl sites for hydroxylation is 1. The topological polar surface area (TPSA) is 125 Å². The van der Waals surface area contributed by atoms with E-state index < -0.39 is 22.5 Å². The summed E-state index contributed by atoms with van der Waals surface area (Å²) in [4.78, 5) is 41.8. The lowest BCUT2D eigenvalue weighted by atomic mass is 9.93. The van der Waals surface area contributed by atoms with Crippen LogP contribution in [0.2, 0.25) is 0 Å². The Labute approximate surface area is 313 Å². The molecule has 3 amide bonds. The van der Waals surface area contributed by atoms with Gasteiger partial charge in [-0.1, -0.05) is 91.0 Å². The maximum Gasteiger partial charge on any atom is 0.271 e. The van der Waals surface area contributed by atoms with E-state index in [0.29, 0.717) is 38.1 Å². The summed E-state index contributed by atoms with van der Waals surface area (Å²) in [6.45, 7) is 4.83. The highest BCUT2D eigenvalue weighted by atomic mass is 32.2. The van der Waals surface area contributed by atoms with Crippen molar-refractivity contribution < 1.29 is 27.5 Å². The SMILES string of the molecule is CC(=O)NCCc1ccccc1Cc1ccccc1CCC(=O)N1CCN(CCc2ccccc2)C[C@H]1Cc1ccc(OCC(=O)NS(C)(=O)=O)cc1. The Kier molecular flexibility index (Phi) is 14.2. The molecule has 5 rings (SSSR count). The molecule has 53 heavy (non-hydrogen) atoms. The van der Waals surface area contributed by atoms with E-state index in [0.717, 1.165) is 56.3 Å². The predicted molar refractivity (Wildman–Crippen MR) is 207 cm³/mol. The zero-order valence-corrected chi connectivity index (χ0v) is 31.4. The lowest BCUT2D eigenvalue weighted by Gasteiger charge is -2.42. The van der Waals surface area contributed by atoms with Gasteiger partial charge in [0, 0.05) is 52.1 Å². The van der Waals surface area contributed by atoms with Crippen molar-refractivity contribution in [2.45, 2.75) is 51.5 Å². The van der Waals surface area contributed by atoms with Crippen LogP contribution in [0, 0.1) is 0 Å². The zero-order chi connectivity index (χ0) is 37.6. The number of hydrogen-bond acceptors (Lipinski definition) is 7. The van der Waals surface area contributed by atoms with Gasteiger partial charge in [-0.25, -0.2) is 8.42 Å². The van der Waals surface area contributed by atoms with Gasteiger partial charge in [-0.05, 0) is 77.6 Å². The monoisotopic (exact) mass is 738 g/mol. The Bertz CT molecular complexity index is 1930. The largest absolute Gasteiger partial charge is 0.484 e. The first kappa shape index (κ1) is 39.2. The number of piperazine rings is 1. The normalized spacial score (nSPS) is 14.8. The summed E-state index contributed by atoms with van der Waals surface area (Å²) in [7, 11) is -3.66. The lowest BCUT2D eigenvalue weighted by molar-refractivity contribution is -0.136. The molecule has 0 saturated carbocycles. The molecule has 11 heteroatoms. The van der Waals surface area contributed by atoms with Gasteiger partial charge in [-0.3, -0.25) is 24.0 Å².